The molecule has 1 fully saturated rings. The van der Waals surface area contributed by atoms with Crippen LogP contribution in [0, 0.1) is 5.82 Å². The van der Waals surface area contributed by atoms with E-state index in [0.29, 0.717) is 6.07 Å². The van der Waals surface area contributed by atoms with E-state index in [1.807, 2.05) is 13.8 Å². The second kappa shape index (κ2) is 9.45. The Balaban J connectivity index is 0.000000300. The smallest absolute Gasteiger partial charge is 0.398 e. The summed E-state index contributed by atoms with van der Waals surface area (Å²) in [4.78, 5) is 3.38. The normalized spacial score (nSPS) is 14.2. The van der Waals surface area contributed by atoms with Crippen molar-refractivity contribution in [3.63, 3.8) is 0 Å². The summed E-state index contributed by atoms with van der Waals surface area (Å²) < 4.78 is 50.0. The molecule has 3 rings (SSSR count). The fourth-order valence-electron chi connectivity index (χ4n) is 2.43. The van der Waals surface area contributed by atoms with Crippen molar-refractivity contribution in [2.75, 3.05) is 5.73 Å². The van der Waals surface area contributed by atoms with Crippen LogP contribution in [0.3, 0.4) is 0 Å². The Morgan fingerprint density at radius 2 is 1.42 bits per heavy atom. The Hall–Kier alpha value is -1.85. The quantitative estimate of drug-likeness (QED) is 0.566. The number of nitrogen functional groups attached to an aromatic ring is 1. The Labute approximate surface area is 140 Å². The summed E-state index contributed by atoms with van der Waals surface area (Å²) in [5.74, 6) is -0.569. The number of alkyl halides is 3. The number of fused-ring (bicyclic) bond motifs is 1. The van der Waals surface area contributed by atoms with Gasteiger partial charge in [0.1, 0.15) is 11.5 Å². The summed E-state index contributed by atoms with van der Waals surface area (Å²) in [6.07, 6.45) is 4.44. The van der Waals surface area contributed by atoms with Crippen LogP contribution in [0.1, 0.15) is 58.1 Å². The molecule has 1 aliphatic rings. The molecule has 2 nitrogen and oxygen atoms in total. The molecule has 0 bridgehead atoms. The highest BCUT2D eigenvalue weighted by atomic mass is 19.4. The number of rotatable bonds is 0. The van der Waals surface area contributed by atoms with E-state index >= 15 is 0 Å². The predicted octanol–water partition coefficient (Wildman–Crippen LogP) is 6.34. The van der Waals surface area contributed by atoms with Crippen molar-refractivity contribution < 1.29 is 17.6 Å². The topological polar surface area (TPSA) is 38.9 Å². The molecule has 1 heterocycles. The van der Waals surface area contributed by atoms with E-state index in [9.17, 15) is 17.6 Å². The van der Waals surface area contributed by atoms with E-state index < -0.39 is 17.7 Å². The number of aromatic nitrogens is 1. The van der Waals surface area contributed by atoms with E-state index in [-0.39, 0.29) is 16.6 Å². The van der Waals surface area contributed by atoms with Crippen molar-refractivity contribution in [3.8, 4) is 0 Å². The predicted molar refractivity (Wildman–Crippen MR) is 90.2 cm³/mol. The standard InChI is InChI=1S/C10H6F4N2.C6H12.C2H6/c11-5-1-2-8-6(3-5)7(15)4-9(16-8)10(12,13)14;1-2-4-6-5-3-1;1-2/h1-4H,(H2,15,16);1-6H2;1-2H3. The van der Waals surface area contributed by atoms with Crippen molar-refractivity contribution in [2.45, 2.75) is 58.5 Å². The van der Waals surface area contributed by atoms with Gasteiger partial charge in [0.05, 0.1) is 5.52 Å². The minimum Gasteiger partial charge on any atom is -0.398 e. The summed E-state index contributed by atoms with van der Waals surface area (Å²) >= 11 is 0. The molecule has 0 amide bonds. The maximum Gasteiger partial charge on any atom is 0.433 e. The summed E-state index contributed by atoms with van der Waals surface area (Å²) in [7, 11) is 0. The third-order valence-corrected chi connectivity index (χ3v) is 3.59. The van der Waals surface area contributed by atoms with Crippen LogP contribution in [0.15, 0.2) is 24.3 Å². The average molecular weight is 344 g/mol. The minimum absolute atomic E-state index is 0.0220. The van der Waals surface area contributed by atoms with Gasteiger partial charge >= 0.3 is 6.18 Å². The van der Waals surface area contributed by atoms with Crippen LogP contribution in [0.25, 0.3) is 10.9 Å². The molecule has 134 valence electrons. The summed E-state index contributed by atoms with van der Waals surface area (Å²) in [6.45, 7) is 4.00. The average Bonchev–Trinajstić information content (AvgIpc) is 2.58. The van der Waals surface area contributed by atoms with Gasteiger partial charge in [0.15, 0.2) is 0 Å². The summed E-state index contributed by atoms with van der Waals surface area (Å²) in [5.41, 5.74) is 4.22. The first-order valence-corrected chi connectivity index (χ1v) is 8.31. The lowest BCUT2D eigenvalue weighted by molar-refractivity contribution is -0.140. The van der Waals surface area contributed by atoms with Gasteiger partial charge < -0.3 is 5.73 Å². The largest absolute Gasteiger partial charge is 0.433 e. The van der Waals surface area contributed by atoms with E-state index in [1.165, 1.54) is 38.5 Å². The van der Waals surface area contributed by atoms with Gasteiger partial charge in [-0.1, -0.05) is 52.4 Å². The van der Waals surface area contributed by atoms with Crippen LogP contribution in [-0.2, 0) is 6.18 Å². The molecule has 2 aromatic rings. The van der Waals surface area contributed by atoms with Crippen molar-refractivity contribution >= 4 is 16.6 Å². The van der Waals surface area contributed by atoms with Gasteiger partial charge in [0.25, 0.3) is 0 Å². The zero-order chi connectivity index (χ0) is 18.2. The highest BCUT2D eigenvalue weighted by Gasteiger charge is 2.33. The zero-order valence-corrected chi connectivity index (χ0v) is 14.1. The number of halogens is 4. The second-order valence-corrected chi connectivity index (χ2v) is 5.38. The molecule has 0 aliphatic heterocycles. The molecule has 0 radical (unpaired) electrons. The highest BCUT2D eigenvalue weighted by Crippen LogP contribution is 2.31. The molecule has 1 aromatic carbocycles. The van der Waals surface area contributed by atoms with Crippen LogP contribution >= 0.6 is 0 Å². The van der Waals surface area contributed by atoms with Gasteiger partial charge in [-0.15, -0.1) is 0 Å². The SMILES string of the molecule is C1CCCCC1.CC.Nc1cc(C(F)(F)F)nc2ccc(F)cc12. The lowest BCUT2D eigenvalue weighted by Crippen LogP contribution is -2.09. The molecule has 2 N–H and O–H groups in total. The third-order valence-electron chi connectivity index (χ3n) is 3.59. The van der Waals surface area contributed by atoms with Crippen LogP contribution in [-0.4, -0.2) is 4.98 Å². The number of hydrogen-bond acceptors (Lipinski definition) is 2. The van der Waals surface area contributed by atoms with Gasteiger partial charge in [0.2, 0.25) is 0 Å². The number of benzene rings is 1. The van der Waals surface area contributed by atoms with Gasteiger partial charge in [-0.3, -0.25) is 0 Å². The molecule has 1 saturated carbocycles. The molecule has 1 aliphatic carbocycles. The lowest BCUT2D eigenvalue weighted by Gasteiger charge is -2.08. The van der Waals surface area contributed by atoms with Crippen LogP contribution < -0.4 is 5.73 Å². The van der Waals surface area contributed by atoms with Crippen molar-refractivity contribution in [1.29, 1.82) is 0 Å². The van der Waals surface area contributed by atoms with Crippen molar-refractivity contribution in [2.24, 2.45) is 0 Å². The Morgan fingerprint density at radius 1 is 0.917 bits per heavy atom. The Bertz CT molecular complexity index is 623. The van der Waals surface area contributed by atoms with Gasteiger partial charge in [0, 0.05) is 11.1 Å². The summed E-state index contributed by atoms with van der Waals surface area (Å²) in [5, 5.41) is 0.174. The van der Waals surface area contributed by atoms with Gasteiger partial charge in [-0.25, -0.2) is 9.37 Å². The number of anilines is 1. The van der Waals surface area contributed by atoms with Crippen LogP contribution in [0.2, 0.25) is 0 Å². The summed E-state index contributed by atoms with van der Waals surface area (Å²) in [6, 6.07) is 3.95. The first-order valence-electron chi connectivity index (χ1n) is 8.31. The lowest BCUT2D eigenvalue weighted by atomic mass is 10.0. The molecule has 0 saturated heterocycles. The fraction of sp³-hybridized carbons (Fsp3) is 0.500. The zero-order valence-electron chi connectivity index (χ0n) is 14.1. The molecular formula is C18H24F4N2. The van der Waals surface area contributed by atoms with Crippen LogP contribution in [0.4, 0.5) is 23.2 Å². The Kier molecular flexibility index (Phi) is 7.95. The molecular weight excluding hydrogens is 320 g/mol. The van der Waals surface area contributed by atoms with E-state index in [4.69, 9.17) is 5.73 Å². The molecule has 0 spiro atoms. The van der Waals surface area contributed by atoms with E-state index in [1.54, 1.807) is 0 Å². The number of nitrogens with two attached hydrogens (primary N) is 1. The van der Waals surface area contributed by atoms with Crippen molar-refractivity contribution in [3.05, 3.63) is 35.8 Å². The second-order valence-electron chi connectivity index (χ2n) is 5.38. The molecule has 6 heteroatoms. The van der Waals surface area contributed by atoms with E-state index in [0.717, 1.165) is 18.2 Å². The molecule has 0 unspecified atom stereocenters. The van der Waals surface area contributed by atoms with E-state index in [2.05, 4.69) is 4.98 Å². The maximum absolute atomic E-state index is 12.8. The maximum atomic E-state index is 12.8. The number of nitrogens with zero attached hydrogens (tertiary/aromatic N) is 1. The minimum atomic E-state index is -4.56. The monoisotopic (exact) mass is 344 g/mol. The molecule has 0 atom stereocenters. The highest BCUT2D eigenvalue weighted by molar-refractivity contribution is 5.90. The number of hydrogen-bond donors (Lipinski definition) is 1. The van der Waals surface area contributed by atoms with Gasteiger partial charge in [-0.2, -0.15) is 13.2 Å². The molecule has 1 aromatic heterocycles. The fourth-order valence-corrected chi connectivity index (χ4v) is 2.43. The number of pyridine rings is 1. The van der Waals surface area contributed by atoms with Crippen molar-refractivity contribution in [1.82, 2.24) is 4.98 Å². The Morgan fingerprint density at radius 3 is 1.88 bits per heavy atom. The van der Waals surface area contributed by atoms with Crippen LogP contribution in [0.5, 0.6) is 0 Å². The molecule has 24 heavy (non-hydrogen) atoms. The first-order chi connectivity index (χ1) is 11.4. The first kappa shape index (κ1) is 20.2. The third kappa shape index (κ3) is 5.98. The van der Waals surface area contributed by atoms with Gasteiger partial charge in [-0.05, 0) is 24.3 Å².